The zero-order chi connectivity index (χ0) is 16.8. The summed E-state index contributed by atoms with van der Waals surface area (Å²) in [6.45, 7) is 10.6. The van der Waals surface area contributed by atoms with E-state index in [0.29, 0.717) is 6.04 Å². The summed E-state index contributed by atoms with van der Waals surface area (Å²) in [6.07, 6.45) is 0. The standard InChI is InChI=1S/C16H30N6S.HI/c1-13(22-8-6-20(4)7-9-22)10-18-16(17-3)21(5)11-15-12-23-14(2)19-15;/h12-13H,6-11H2,1-5H3,(H,17,18);1H. The number of nitrogens with one attached hydrogen (secondary N) is 1. The van der Waals surface area contributed by atoms with Crippen LogP contribution in [-0.2, 0) is 6.54 Å². The highest BCUT2D eigenvalue weighted by Crippen LogP contribution is 2.10. The number of nitrogens with zero attached hydrogens (tertiary/aromatic N) is 5. The van der Waals surface area contributed by atoms with Gasteiger partial charge in [0.05, 0.1) is 17.2 Å². The predicted molar refractivity (Wildman–Crippen MR) is 114 cm³/mol. The maximum absolute atomic E-state index is 4.52. The molecule has 0 radical (unpaired) electrons. The Kier molecular flexibility index (Phi) is 9.47. The molecule has 1 aliphatic heterocycles. The lowest BCUT2D eigenvalue weighted by molar-refractivity contribution is 0.119. The van der Waals surface area contributed by atoms with E-state index in [9.17, 15) is 0 Å². The predicted octanol–water partition coefficient (Wildman–Crippen LogP) is 1.71. The van der Waals surface area contributed by atoms with Crippen LogP contribution in [0.1, 0.15) is 17.6 Å². The summed E-state index contributed by atoms with van der Waals surface area (Å²) in [6, 6.07) is 0.510. The van der Waals surface area contributed by atoms with Crippen molar-refractivity contribution in [3.05, 3.63) is 16.1 Å². The second kappa shape index (κ2) is 10.5. The fourth-order valence-electron chi connectivity index (χ4n) is 2.81. The highest BCUT2D eigenvalue weighted by molar-refractivity contribution is 14.0. The third-order valence-corrected chi connectivity index (χ3v) is 5.18. The minimum Gasteiger partial charge on any atom is -0.355 e. The van der Waals surface area contributed by atoms with Gasteiger partial charge in [-0.3, -0.25) is 9.89 Å². The van der Waals surface area contributed by atoms with Crippen molar-refractivity contribution >= 4 is 41.3 Å². The van der Waals surface area contributed by atoms with Gasteiger partial charge in [-0.1, -0.05) is 0 Å². The first kappa shape index (κ1) is 21.6. The number of likely N-dealkylation sites (N-methyl/N-ethyl adjacent to an activating group) is 1. The Morgan fingerprint density at radius 2 is 2.08 bits per heavy atom. The number of aromatic nitrogens is 1. The molecule has 0 aliphatic carbocycles. The van der Waals surface area contributed by atoms with Crippen LogP contribution in [0.25, 0.3) is 0 Å². The van der Waals surface area contributed by atoms with Crippen LogP contribution in [0.2, 0.25) is 0 Å². The maximum atomic E-state index is 4.52. The van der Waals surface area contributed by atoms with Gasteiger partial charge in [-0.25, -0.2) is 4.98 Å². The number of piperazine rings is 1. The Bertz CT molecular complexity index is 512. The summed E-state index contributed by atoms with van der Waals surface area (Å²) in [5.74, 6) is 0.927. The van der Waals surface area contributed by atoms with Crippen LogP contribution in [0.4, 0.5) is 0 Å². The van der Waals surface area contributed by atoms with Gasteiger partial charge in [-0.05, 0) is 20.9 Å². The molecule has 1 aliphatic rings. The largest absolute Gasteiger partial charge is 0.355 e. The summed E-state index contributed by atoms with van der Waals surface area (Å²) in [5, 5.41) is 6.73. The normalized spacial score (nSPS) is 18.1. The number of hydrogen-bond donors (Lipinski definition) is 1. The van der Waals surface area contributed by atoms with Crippen LogP contribution in [0, 0.1) is 6.92 Å². The molecule has 1 fully saturated rings. The van der Waals surface area contributed by atoms with Gasteiger partial charge in [0.25, 0.3) is 0 Å². The fourth-order valence-corrected chi connectivity index (χ4v) is 3.42. The molecule has 1 atom stereocenters. The first-order valence-electron chi connectivity index (χ1n) is 8.25. The Balaban J connectivity index is 0.00000288. The van der Waals surface area contributed by atoms with E-state index in [1.165, 1.54) is 0 Å². The molecule has 1 saturated heterocycles. The molecule has 0 amide bonds. The lowest BCUT2D eigenvalue weighted by Crippen LogP contribution is -2.52. The zero-order valence-electron chi connectivity index (χ0n) is 15.4. The average molecular weight is 466 g/mol. The van der Waals surface area contributed by atoms with Gasteiger partial charge in [0.2, 0.25) is 0 Å². The Morgan fingerprint density at radius 1 is 1.42 bits per heavy atom. The van der Waals surface area contributed by atoms with Gasteiger partial charge in [-0.15, -0.1) is 35.3 Å². The fraction of sp³-hybridized carbons (Fsp3) is 0.750. The molecule has 6 nitrogen and oxygen atoms in total. The van der Waals surface area contributed by atoms with Gasteiger partial charge in [0.1, 0.15) is 0 Å². The van der Waals surface area contributed by atoms with Gasteiger partial charge >= 0.3 is 0 Å². The van der Waals surface area contributed by atoms with Crippen LogP contribution in [0.5, 0.6) is 0 Å². The third kappa shape index (κ3) is 6.45. The van der Waals surface area contributed by atoms with Gasteiger partial charge in [0.15, 0.2) is 5.96 Å². The van der Waals surface area contributed by atoms with Gasteiger partial charge < -0.3 is 15.1 Å². The van der Waals surface area contributed by atoms with E-state index >= 15 is 0 Å². The molecular formula is C16H31IN6S. The molecule has 1 aromatic heterocycles. The van der Waals surface area contributed by atoms with Crippen molar-refractivity contribution in [1.82, 2.24) is 25.0 Å². The molecule has 24 heavy (non-hydrogen) atoms. The molecule has 1 N–H and O–H groups in total. The molecule has 138 valence electrons. The Hall–Kier alpha value is -0.450. The summed E-state index contributed by atoms with van der Waals surface area (Å²) < 4.78 is 0. The number of thiazole rings is 1. The number of hydrogen-bond acceptors (Lipinski definition) is 5. The van der Waals surface area contributed by atoms with E-state index < -0.39 is 0 Å². The van der Waals surface area contributed by atoms with Crippen LogP contribution in [-0.4, -0.2) is 85.6 Å². The summed E-state index contributed by atoms with van der Waals surface area (Å²) in [4.78, 5) is 16.0. The minimum absolute atomic E-state index is 0. The zero-order valence-corrected chi connectivity index (χ0v) is 18.6. The van der Waals surface area contributed by atoms with Crippen molar-refractivity contribution in [2.45, 2.75) is 26.4 Å². The summed E-state index contributed by atoms with van der Waals surface area (Å²) >= 11 is 1.69. The van der Waals surface area contributed by atoms with Crippen molar-refractivity contribution < 1.29 is 0 Å². The monoisotopic (exact) mass is 466 g/mol. The summed E-state index contributed by atoms with van der Waals surface area (Å²) in [5.41, 5.74) is 1.10. The number of rotatable bonds is 5. The van der Waals surface area contributed by atoms with Gasteiger partial charge in [0, 0.05) is 58.2 Å². The van der Waals surface area contributed by atoms with Crippen LogP contribution in [0.15, 0.2) is 10.4 Å². The minimum atomic E-state index is 0. The molecule has 0 spiro atoms. The number of halogens is 1. The van der Waals surface area contributed by atoms with Crippen molar-refractivity contribution in [3.8, 4) is 0 Å². The van der Waals surface area contributed by atoms with Crippen molar-refractivity contribution in [3.63, 3.8) is 0 Å². The Morgan fingerprint density at radius 3 is 2.62 bits per heavy atom. The van der Waals surface area contributed by atoms with E-state index in [4.69, 9.17) is 0 Å². The van der Waals surface area contributed by atoms with Crippen LogP contribution in [0.3, 0.4) is 0 Å². The lowest BCUT2D eigenvalue weighted by atomic mass is 10.2. The van der Waals surface area contributed by atoms with Crippen molar-refractivity contribution in [1.29, 1.82) is 0 Å². The molecule has 1 aromatic rings. The number of aryl methyl sites for hydroxylation is 1. The maximum Gasteiger partial charge on any atom is 0.193 e. The average Bonchev–Trinajstić information content (AvgIpc) is 2.93. The van der Waals surface area contributed by atoms with E-state index in [1.807, 2.05) is 14.0 Å². The molecule has 0 bridgehead atoms. The third-order valence-electron chi connectivity index (χ3n) is 4.36. The first-order valence-corrected chi connectivity index (χ1v) is 9.13. The van der Waals surface area contributed by atoms with E-state index in [1.54, 1.807) is 11.3 Å². The highest BCUT2D eigenvalue weighted by Gasteiger charge is 2.19. The first-order chi connectivity index (χ1) is 11.0. The Labute approximate surface area is 167 Å². The van der Waals surface area contributed by atoms with E-state index in [-0.39, 0.29) is 24.0 Å². The second-order valence-electron chi connectivity index (χ2n) is 6.33. The number of guanidine groups is 1. The molecule has 0 saturated carbocycles. The number of aliphatic imine (C=N–C) groups is 1. The SMILES string of the molecule is CN=C(NCC(C)N1CCN(C)CC1)N(C)Cc1csc(C)n1.I. The molecule has 2 heterocycles. The van der Waals surface area contributed by atoms with Crippen LogP contribution >= 0.6 is 35.3 Å². The lowest BCUT2D eigenvalue weighted by Gasteiger charge is -2.37. The highest BCUT2D eigenvalue weighted by atomic mass is 127. The van der Waals surface area contributed by atoms with Crippen molar-refractivity contribution in [2.24, 2.45) is 4.99 Å². The van der Waals surface area contributed by atoms with E-state index in [0.717, 1.165) is 55.9 Å². The molecule has 1 unspecified atom stereocenters. The second-order valence-corrected chi connectivity index (χ2v) is 7.39. The van der Waals surface area contributed by atoms with E-state index in [2.05, 4.69) is 56.4 Å². The van der Waals surface area contributed by atoms with Gasteiger partial charge in [-0.2, -0.15) is 0 Å². The van der Waals surface area contributed by atoms with Crippen LogP contribution < -0.4 is 5.32 Å². The summed E-state index contributed by atoms with van der Waals surface area (Å²) in [7, 11) is 6.09. The smallest absolute Gasteiger partial charge is 0.193 e. The molecule has 0 aromatic carbocycles. The molecule has 2 rings (SSSR count). The van der Waals surface area contributed by atoms with Crippen molar-refractivity contribution in [2.75, 3.05) is 53.9 Å². The molecular weight excluding hydrogens is 435 g/mol. The molecule has 8 heteroatoms. The topological polar surface area (TPSA) is 47.0 Å². The quantitative estimate of drug-likeness (QED) is 0.407.